The molecule has 0 saturated heterocycles. The summed E-state index contributed by atoms with van der Waals surface area (Å²) < 4.78 is 31.4. The van der Waals surface area contributed by atoms with Crippen molar-refractivity contribution < 1.29 is 18.3 Å². The van der Waals surface area contributed by atoms with Crippen LogP contribution in [0.1, 0.15) is 35.7 Å². The van der Waals surface area contributed by atoms with Crippen LogP contribution in [0.15, 0.2) is 42.5 Å². The lowest BCUT2D eigenvalue weighted by Gasteiger charge is -2.10. The molecule has 122 valence electrons. The monoisotopic (exact) mass is 319 g/mol. The van der Waals surface area contributed by atoms with Crippen molar-refractivity contribution in [2.24, 2.45) is 0 Å². The normalized spacial score (nSPS) is 10.7. The van der Waals surface area contributed by atoms with Gasteiger partial charge >= 0.3 is 0 Å². The Labute approximate surface area is 134 Å². The van der Waals surface area contributed by atoms with E-state index in [4.69, 9.17) is 4.74 Å². The van der Waals surface area contributed by atoms with Crippen LogP contribution in [0.4, 0.5) is 8.78 Å². The van der Waals surface area contributed by atoms with Crippen LogP contribution in [0, 0.1) is 11.6 Å². The first-order valence-electron chi connectivity index (χ1n) is 7.43. The zero-order chi connectivity index (χ0) is 16.8. The average molecular weight is 319 g/mol. The predicted molar refractivity (Wildman–Crippen MR) is 84.7 cm³/mol. The zero-order valence-electron chi connectivity index (χ0n) is 13.1. The molecular weight excluding hydrogens is 300 g/mol. The Morgan fingerprint density at radius 1 is 1.09 bits per heavy atom. The highest BCUT2D eigenvalue weighted by atomic mass is 19.2. The van der Waals surface area contributed by atoms with Crippen LogP contribution >= 0.6 is 0 Å². The molecule has 0 bridgehead atoms. The molecule has 0 spiro atoms. The molecule has 0 aromatic heterocycles. The fourth-order valence-electron chi connectivity index (χ4n) is 2.02. The van der Waals surface area contributed by atoms with Gasteiger partial charge in [0.1, 0.15) is 12.4 Å². The number of nitrogens with one attached hydrogen (secondary N) is 1. The Kier molecular flexibility index (Phi) is 5.68. The van der Waals surface area contributed by atoms with Crippen LogP contribution in [0.2, 0.25) is 0 Å². The van der Waals surface area contributed by atoms with Gasteiger partial charge < -0.3 is 10.1 Å². The molecule has 0 aliphatic rings. The fraction of sp³-hybridized carbons (Fsp3) is 0.278. The second kappa shape index (κ2) is 7.72. The van der Waals surface area contributed by atoms with Crippen LogP contribution in [0.5, 0.6) is 5.75 Å². The highest BCUT2D eigenvalue weighted by molar-refractivity contribution is 5.94. The lowest BCUT2D eigenvalue weighted by Crippen LogP contribution is -2.28. The number of ether oxygens (including phenoxy) is 1. The number of carbonyl (C=O) groups is 1. The summed E-state index contributed by atoms with van der Waals surface area (Å²) in [6.07, 6.45) is 0. The number of halogens is 2. The lowest BCUT2D eigenvalue weighted by molar-refractivity contribution is 0.0946. The van der Waals surface area contributed by atoms with Gasteiger partial charge in [-0.2, -0.15) is 0 Å². The fourth-order valence-corrected chi connectivity index (χ4v) is 2.02. The molecule has 0 heterocycles. The van der Waals surface area contributed by atoms with E-state index in [1.54, 1.807) is 0 Å². The summed E-state index contributed by atoms with van der Waals surface area (Å²) in [4.78, 5) is 11.8. The van der Waals surface area contributed by atoms with Crippen molar-refractivity contribution in [2.75, 3.05) is 13.2 Å². The first-order valence-corrected chi connectivity index (χ1v) is 7.43. The van der Waals surface area contributed by atoms with Crippen molar-refractivity contribution in [3.63, 3.8) is 0 Å². The minimum Gasteiger partial charge on any atom is -0.492 e. The number of benzene rings is 2. The standard InChI is InChI=1S/C18H19F2NO2/c1-12(2)13-3-6-15(7-4-13)23-10-9-21-18(22)14-5-8-16(19)17(20)11-14/h3-8,11-12H,9-10H2,1-2H3,(H,21,22). The molecule has 2 rings (SSSR count). The maximum absolute atomic E-state index is 13.1. The van der Waals surface area contributed by atoms with Crippen molar-refractivity contribution in [3.05, 3.63) is 65.2 Å². The van der Waals surface area contributed by atoms with Crippen molar-refractivity contribution >= 4 is 5.91 Å². The predicted octanol–water partition coefficient (Wildman–Crippen LogP) is 3.90. The smallest absolute Gasteiger partial charge is 0.251 e. The van der Waals surface area contributed by atoms with E-state index < -0.39 is 17.5 Å². The molecular formula is C18H19F2NO2. The summed E-state index contributed by atoms with van der Waals surface area (Å²) in [5, 5.41) is 2.59. The van der Waals surface area contributed by atoms with Crippen LogP contribution in [0.3, 0.4) is 0 Å². The number of carbonyl (C=O) groups excluding carboxylic acids is 1. The lowest BCUT2D eigenvalue weighted by atomic mass is 10.0. The first kappa shape index (κ1) is 16.9. The van der Waals surface area contributed by atoms with Crippen molar-refractivity contribution in [3.8, 4) is 5.75 Å². The van der Waals surface area contributed by atoms with Gasteiger partial charge in [0.05, 0.1) is 6.54 Å². The zero-order valence-corrected chi connectivity index (χ0v) is 13.1. The van der Waals surface area contributed by atoms with E-state index in [0.717, 1.165) is 17.9 Å². The molecule has 1 N–H and O–H groups in total. The van der Waals surface area contributed by atoms with Gasteiger partial charge in [0.15, 0.2) is 11.6 Å². The summed E-state index contributed by atoms with van der Waals surface area (Å²) in [6.45, 7) is 4.79. The Morgan fingerprint density at radius 3 is 2.39 bits per heavy atom. The van der Waals surface area contributed by atoms with Gasteiger partial charge in [-0.1, -0.05) is 26.0 Å². The Morgan fingerprint density at radius 2 is 1.78 bits per heavy atom. The molecule has 0 unspecified atom stereocenters. The quantitative estimate of drug-likeness (QED) is 0.820. The SMILES string of the molecule is CC(C)c1ccc(OCCNC(=O)c2ccc(F)c(F)c2)cc1. The Balaban J connectivity index is 1.78. The third kappa shape index (κ3) is 4.77. The van der Waals surface area contributed by atoms with Crippen molar-refractivity contribution in [2.45, 2.75) is 19.8 Å². The Bertz CT molecular complexity index is 669. The molecule has 3 nitrogen and oxygen atoms in total. The van der Waals surface area contributed by atoms with Gasteiger partial charge in [-0.05, 0) is 41.8 Å². The van der Waals surface area contributed by atoms with Crippen molar-refractivity contribution in [1.29, 1.82) is 0 Å². The maximum Gasteiger partial charge on any atom is 0.251 e. The van der Waals surface area contributed by atoms with Gasteiger partial charge in [0.25, 0.3) is 5.91 Å². The van der Waals surface area contributed by atoms with E-state index in [9.17, 15) is 13.6 Å². The van der Waals surface area contributed by atoms with E-state index in [0.29, 0.717) is 5.92 Å². The van der Waals surface area contributed by atoms with E-state index >= 15 is 0 Å². The second-order valence-electron chi connectivity index (χ2n) is 5.46. The van der Waals surface area contributed by atoms with Gasteiger partial charge in [-0.15, -0.1) is 0 Å². The van der Waals surface area contributed by atoms with E-state index in [2.05, 4.69) is 19.2 Å². The molecule has 0 saturated carbocycles. The highest BCUT2D eigenvalue weighted by Gasteiger charge is 2.09. The summed E-state index contributed by atoms with van der Waals surface area (Å²) >= 11 is 0. The molecule has 0 aliphatic carbocycles. The molecule has 0 radical (unpaired) electrons. The van der Waals surface area contributed by atoms with Crippen LogP contribution < -0.4 is 10.1 Å². The van der Waals surface area contributed by atoms with Gasteiger partial charge in [0.2, 0.25) is 0 Å². The summed E-state index contributed by atoms with van der Waals surface area (Å²) in [5.41, 5.74) is 1.30. The second-order valence-corrected chi connectivity index (χ2v) is 5.46. The van der Waals surface area contributed by atoms with Gasteiger partial charge in [0, 0.05) is 5.56 Å². The third-order valence-electron chi connectivity index (χ3n) is 3.38. The molecule has 23 heavy (non-hydrogen) atoms. The minimum absolute atomic E-state index is 0.0742. The van der Waals surface area contributed by atoms with E-state index in [1.807, 2.05) is 24.3 Å². The average Bonchev–Trinajstić information content (AvgIpc) is 2.54. The summed E-state index contributed by atoms with van der Waals surface area (Å²) in [7, 11) is 0. The molecule has 0 aliphatic heterocycles. The Hall–Kier alpha value is -2.43. The number of rotatable bonds is 6. The third-order valence-corrected chi connectivity index (χ3v) is 3.38. The molecule has 1 amide bonds. The van der Waals surface area contributed by atoms with E-state index in [-0.39, 0.29) is 18.7 Å². The van der Waals surface area contributed by atoms with Crippen LogP contribution in [-0.4, -0.2) is 19.1 Å². The van der Waals surface area contributed by atoms with Gasteiger partial charge in [-0.25, -0.2) is 8.78 Å². The molecule has 2 aromatic rings. The minimum atomic E-state index is -1.04. The number of amides is 1. The highest BCUT2D eigenvalue weighted by Crippen LogP contribution is 2.18. The van der Waals surface area contributed by atoms with E-state index in [1.165, 1.54) is 11.6 Å². The number of hydrogen-bond donors (Lipinski definition) is 1. The maximum atomic E-state index is 13.1. The van der Waals surface area contributed by atoms with Crippen molar-refractivity contribution in [1.82, 2.24) is 5.32 Å². The number of hydrogen-bond acceptors (Lipinski definition) is 2. The molecule has 0 fully saturated rings. The van der Waals surface area contributed by atoms with Crippen LogP contribution in [-0.2, 0) is 0 Å². The molecule has 0 atom stereocenters. The summed E-state index contributed by atoms with van der Waals surface area (Å²) in [5.74, 6) is -1.31. The topological polar surface area (TPSA) is 38.3 Å². The first-order chi connectivity index (χ1) is 11.0. The molecule has 5 heteroatoms. The largest absolute Gasteiger partial charge is 0.492 e. The van der Waals surface area contributed by atoms with Gasteiger partial charge in [-0.3, -0.25) is 4.79 Å². The van der Waals surface area contributed by atoms with Crippen LogP contribution in [0.25, 0.3) is 0 Å². The summed E-state index contributed by atoms with van der Waals surface area (Å²) in [6, 6.07) is 10.8. The molecule has 2 aromatic carbocycles.